The van der Waals surface area contributed by atoms with Gasteiger partial charge < -0.3 is 9.47 Å². The summed E-state index contributed by atoms with van der Waals surface area (Å²) in [5.74, 6) is 0.529. The third-order valence-corrected chi connectivity index (χ3v) is 6.25. The minimum absolute atomic E-state index is 0.0316. The molecule has 0 aliphatic rings. The summed E-state index contributed by atoms with van der Waals surface area (Å²) in [5.41, 5.74) is 6.14. The molecule has 0 saturated heterocycles. The minimum Gasteiger partial charge on any atom is -0.493 e. The summed E-state index contributed by atoms with van der Waals surface area (Å²) >= 11 is 3.56. The molecule has 1 aromatic heterocycles. The summed E-state index contributed by atoms with van der Waals surface area (Å²) in [6, 6.07) is 23.6. The molecule has 176 valence electrons. The predicted molar refractivity (Wildman–Crippen MR) is 141 cm³/mol. The number of methoxy groups -OCH3 is 1. The number of fused-ring (bicyclic) bond motifs is 1. The van der Waals surface area contributed by atoms with E-state index in [1.54, 1.807) is 23.9 Å². The van der Waals surface area contributed by atoms with Gasteiger partial charge in [0.2, 0.25) is 0 Å². The summed E-state index contributed by atoms with van der Waals surface area (Å²) in [6.45, 7) is 4.11. The molecule has 0 aliphatic heterocycles. The van der Waals surface area contributed by atoms with Gasteiger partial charge in [0, 0.05) is 11.4 Å². The number of carbonyl (C=O) groups excluding carboxylic acids is 1. The number of nitriles is 1. The maximum Gasteiger partial charge on any atom is 0.280 e. The summed E-state index contributed by atoms with van der Waals surface area (Å²) in [5, 5.41) is 11.9. The molecule has 0 bridgehead atoms. The Morgan fingerprint density at radius 1 is 1.09 bits per heavy atom. The number of aromatic nitrogens is 1. The average molecular weight is 530 g/mol. The first-order valence-corrected chi connectivity index (χ1v) is 11.8. The summed E-state index contributed by atoms with van der Waals surface area (Å²) in [7, 11) is 1.55. The fraction of sp³-hybridized carbons (Fsp3) is 0.143. The molecule has 0 radical (unpaired) electrons. The monoisotopic (exact) mass is 529 g/mol. The van der Waals surface area contributed by atoms with Gasteiger partial charge >= 0.3 is 0 Å². The zero-order chi connectivity index (χ0) is 24.9. The Morgan fingerprint density at radius 3 is 2.51 bits per heavy atom. The van der Waals surface area contributed by atoms with E-state index in [0.29, 0.717) is 28.1 Å². The second-order valence-electron chi connectivity index (χ2n) is 8.02. The van der Waals surface area contributed by atoms with E-state index in [1.807, 2.05) is 56.3 Å². The van der Waals surface area contributed by atoms with Gasteiger partial charge in [-0.3, -0.25) is 14.9 Å². The van der Waals surface area contributed by atoms with Gasteiger partial charge in [0.05, 0.1) is 11.6 Å². The number of benzene rings is 3. The Labute approximate surface area is 212 Å². The van der Waals surface area contributed by atoms with Gasteiger partial charge in [-0.2, -0.15) is 5.26 Å². The van der Waals surface area contributed by atoms with E-state index in [4.69, 9.17) is 9.47 Å². The first-order chi connectivity index (χ1) is 16.9. The van der Waals surface area contributed by atoms with Gasteiger partial charge in [0.1, 0.15) is 18.2 Å². The van der Waals surface area contributed by atoms with Gasteiger partial charge in [-0.15, -0.1) is 0 Å². The van der Waals surface area contributed by atoms with Crippen LogP contribution in [0.1, 0.15) is 22.5 Å². The highest BCUT2D eigenvalue weighted by Gasteiger charge is 2.15. The Morgan fingerprint density at radius 2 is 1.80 bits per heavy atom. The number of carbonyl (C=O) groups is 1. The molecule has 4 aromatic rings. The lowest BCUT2D eigenvalue weighted by molar-refractivity contribution is -0.113. The van der Waals surface area contributed by atoms with Crippen molar-refractivity contribution in [1.82, 2.24) is 4.68 Å². The number of aryl methyl sites for hydroxylation is 2. The molecule has 3 aromatic carbocycles. The maximum atomic E-state index is 12.7. The van der Waals surface area contributed by atoms with E-state index in [2.05, 4.69) is 39.6 Å². The van der Waals surface area contributed by atoms with Crippen LogP contribution < -0.4 is 14.9 Å². The van der Waals surface area contributed by atoms with E-state index in [-0.39, 0.29) is 5.57 Å². The molecule has 0 atom stereocenters. The fourth-order valence-electron chi connectivity index (χ4n) is 3.85. The molecular weight excluding hydrogens is 506 g/mol. The van der Waals surface area contributed by atoms with E-state index in [9.17, 15) is 10.1 Å². The summed E-state index contributed by atoms with van der Waals surface area (Å²) in [4.78, 5) is 12.7. The van der Waals surface area contributed by atoms with Crippen molar-refractivity contribution < 1.29 is 14.3 Å². The number of rotatable bonds is 7. The van der Waals surface area contributed by atoms with Crippen LogP contribution in [0, 0.1) is 25.2 Å². The lowest BCUT2D eigenvalue weighted by Crippen LogP contribution is -2.25. The second-order valence-corrected chi connectivity index (χ2v) is 8.88. The topological polar surface area (TPSA) is 76.3 Å². The van der Waals surface area contributed by atoms with Crippen LogP contribution in [0.2, 0.25) is 0 Å². The van der Waals surface area contributed by atoms with E-state index in [1.165, 1.54) is 6.08 Å². The van der Waals surface area contributed by atoms with E-state index in [0.717, 1.165) is 27.7 Å². The maximum absolute atomic E-state index is 12.7. The highest BCUT2D eigenvalue weighted by Crippen LogP contribution is 2.38. The fourth-order valence-corrected chi connectivity index (χ4v) is 4.43. The molecule has 7 heteroatoms. The zero-order valence-corrected chi connectivity index (χ0v) is 21.2. The zero-order valence-electron chi connectivity index (χ0n) is 19.6. The highest BCUT2D eigenvalue weighted by atomic mass is 79.9. The molecule has 1 amide bonds. The number of hydrogen-bond donors (Lipinski definition) is 1. The van der Waals surface area contributed by atoms with Crippen LogP contribution in [0.25, 0.3) is 16.8 Å². The third kappa shape index (κ3) is 5.23. The van der Waals surface area contributed by atoms with Gasteiger partial charge in [0.15, 0.2) is 11.5 Å². The van der Waals surface area contributed by atoms with Crippen molar-refractivity contribution in [2.45, 2.75) is 20.5 Å². The molecule has 0 aliphatic carbocycles. The van der Waals surface area contributed by atoms with Crippen molar-refractivity contribution in [3.8, 4) is 17.6 Å². The van der Waals surface area contributed by atoms with Crippen molar-refractivity contribution >= 4 is 38.7 Å². The molecular formula is C28H24BrN3O3. The first-order valence-electron chi connectivity index (χ1n) is 11.0. The molecule has 0 fully saturated rings. The van der Waals surface area contributed by atoms with Crippen LogP contribution in [0.15, 0.2) is 76.8 Å². The molecule has 6 nitrogen and oxygen atoms in total. The predicted octanol–water partition coefficient (Wildman–Crippen LogP) is 6.29. The normalized spacial score (nSPS) is 11.2. The molecule has 0 unspecified atom stereocenters. The van der Waals surface area contributed by atoms with E-state index >= 15 is 0 Å². The Balaban J connectivity index is 1.58. The molecule has 4 rings (SSSR count). The lowest BCUT2D eigenvalue weighted by Gasteiger charge is -2.15. The Kier molecular flexibility index (Phi) is 7.23. The number of nitrogens with one attached hydrogen (secondary N) is 1. The van der Waals surface area contributed by atoms with Crippen LogP contribution in [-0.4, -0.2) is 17.7 Å². The molecule has 1 N–H and O–H groups in total. The Hall–Kier alpha value is -4.02. The smallest absolute Gasteiger partial charge is 0.280 e. The van der Waals surface area contributed by atoms with Crippen molar-refractivity contribution in [3.05, 3.63) is 99.3 Å². The van der Waals surface area contributed by atoms with Crippen LogP contribution in [-0.2, 0) is 11.4 Å². The number of halogens is 1. The first kappa shape index (κ1) is 24.1. The minimum atomic E-state index is -0.499. The largest absolute Gasteiger partial charge is 0.493 e. The van der Waals surface area contributed by atoms with Crippen molar-refractivity contribution in [2.24, 2.45) is 0 Å². The van der Waals surface area contributed by atoms with Gasteiger partial charge in [-0.25, -0.2) is 0 Å². The summed E-state index contributed by atoms with van der Waals surface area (Å²) < 4.78 is 14.0. The lowest BCUT2D eigenvalue weighted by atomic mass is 10.1. The molecule has 1 heterocycles. The van der Waals surface area contributed by atoms with Gasteiger partial charge in [0.25, 0.3) is 5.91 Å². The van der Waals surface area contributed by atoms with Gasteiger partial charge in [-0.1, -0.05) is 42.5 Å². The standard InChI is InChI=1S/C28H24BrN3O3/c1-18-11-12-19(2)32(18)31-28(33)23(16-30)13-20-14-25(29)27(26(15-20)34-3)35-17-22-9-6-8-21-7-4-5-10-24(21)22/h4-15H,17H2,1-3H3,(H,31,33)/b23-13-. The van der Waals surface area contributed by atoms with E-state index < -0.39 is 5.91 Å². The molecule has 35 heavy (non-hydrogen) atoms. The van der Waals surface area contributed by atoms with Crippen molar-refractivity contribution in [2.75, 3.05) is 12.5 Å². The number of amides is 1. The molecule has 0 saturated carbocycles. The Bertz CT molecular complexity index is 1460. The number of nitrogens with zero attached hydrogens (tertiary/aromatic N) is 2. The van der Waals surface area contributed by atoms with Crippen LogP contribution in [0.5, 0.6) is 11.5 Å². The summed E-state index contributed by atoms with van der Waals surface area (Å²) in [6.07, 6.45) is 1.52. The number of ether oxygens (including phenoxy) is 2. The average Bonchev–Trinajstić information content (AvgIpc) is 3.18. The third-order valence-electron chi connectivity index (χ3n) is 5.66. The number of hydrogen-bond acceptors (Lipinski definition) is 4. The van der Waals surface area contributed by atoms with Gasteiger partial charge in [-0.05, 0) is 82.0 Å². The second kappa shape index (κ2) is 10.5. The quantitative estimate of drug-likeness (QED) is 0.225. The highest BCUT2D eigenvalue weighted by molar-refractivity contribution is 9.10. The van der Waals surface area contributed by atoms with Crippen LogP contribution >= 0.6 is 15.9 Å². The van der Waals surface area contributed by atoms with Crippen molar-refractivity contribution in [3.63, 3.8) is 0 Å². The SMILES string of the molecule is COc1cc(/C=C(/C#N)C(=O)Nn2c(C)ccc2C)cc(Br)c1OCc1cccc2ccccc12. The van der Waals surface area contributed by atoms with Crippen LogP contribution in [0.3, 0.4) is 0 Å². The van der Waals surface area contributed by atoms with Crippen molar-refractivity contribution in [1.29, 1.82) is 5.26 Å². The van der Waals surface area contributed by atoms with Crippen LogP contribution in [0.4, 0.5) is 0 Å². The molecule has 0 spiro atoms.